The van der Waals surface area contributed by atoms with Crippen LogP contribution in [-0.4, -0.2) is 31.4 Å². The zero-order chi connectivity index (χ0) is 18.1. The van der Waals surface area contributed by atoms with Gasteiger partial charge < -0.3 is 9.84 Å². The lowest BCUT2D eigenvalue weighted by atomic mass is 9.70. The lowest BCUT2D eigenvalue weighted by Crippen LogP contribution is -2.58. The molecule has 0 bridgehead atoms. The highest BCUT2D eigenvalue weighted by atomic mass is 28.3. The summed E-state index contributed by atoms with van der Waals surface area (Å²) >= 11 is 0. The van der Waals surface area contributed by atoms with Crippen LogP contribution >= 0.6 is 0 Å². The maximum atomic E-state index is 13.0. The monoisotopic (exact) mass is 360 g/mol. The van der Waals surface area contributed by atoms with Crippen molar-refractivity contribution < 1.29 is 14.6 Å². The van der Waals surface area contributed by atoms with Crippen LogP contribution in [0.4, 0.5) is 0 Å². The Labute approximate surface area is 152 Å². The van der Waals surface area contributed by atoms with Crippen molar-refractivity contribution in [3.63, 3.8) is 0 Å². The van der Waals surface area contributed by atoms with Crippen LogP contribution < -0.4 is 5.19 Å². The van der Waals surface area contributed by atoms with E-state index in [1.807, 2.05) is 6.07 Å². The first kappa shape index (κ1) is 18.7. The fourth-order valence-electron chi connectivity index (χ4n) is 5.39. The third-order valence-corrected chi connectivity index (χ3v) is 11.1. The van der Waals surface area contributed by atoms with Crippen molar-refractivity contribution in [2.45, 2.75) is 76.1 Å². The maximum Gasteiger partial charge on any atom is 0.315 e. The first-order chi connectivity index (χ1) is 11.9. The molecule has 1 saturated carbocycles. The fraction of sp³-hybridized carbons (Fsp3) is 0.667. The van der Waals surface area contributed by atoms with Crippen molar-refractivity contribution in [1.82, 2.24) is 0 Å². The summed E-state index contributed by atoms with van der Waals surface area (Å²) in [6.07, 6.45) is 6.39. The minimum absolute atomic E-state index is 0.134. The zero-order valence-electron chi connectivity index (χ0n) is 15.9. The largest absolute Gasteiger partial charge is 0.465 e. The number of hydrogen-bond donors (Lipinski definition) is 1. The van der Waals surface area contributed by atoms with E-state index in [1.54, 1.807) is 0 Å². The Morgan fingerprint density at radius 1 is 1.20 bits per heavy atom. The van der Waals surface area contributed by atoms with Gasteiger partial charge in [-0.1, -0.05) is 74.8 Å². The van der Waals surface area contributed by atoms with Gasteiger partial charge in [0.15, 0.2) is 0 Å². The van der Waals surface area contributed by atoms with Crippen molar-refractivity contribution in [2.75, 3.05) is 6.61 Å². The summed E-state index contributed by atoms with van der Waals surface area (Å²) in [6.45, 7) is 7.32. The highest BCUT2D eigenvalue weighted by molar-refractivity contribution is 6.91. The quantitative estimate of drug-likeness (QED) is 0.474. The van der Waals surface area contributed by atoms with E-state index in [-0.39, 0.29) is 11.5 Å². The van der Waals surface area contributed by atoms with E-state index in [4.69, 9.17) is 4.74 Å². The Morgan fingerprint density at radius 2 is 1.92 bits per heavy atom. The van der Waals surface area contributed by atoms with E-state index in [9.17, 15) is 9.90 Å². The van der Waals surface area contributed by atoms with Crippen molar-refractivity contribution in [1.29, 1.82) is 0 Å². The molecule has 2 aliphatic rings. The summed E-state index contributed by atoms with van der Waals surface area (Å²) in [6, 6.07) is 10.6. The molecule has 1 aliphatic heterocycles. The molecule has 0 radical (unpaired) electrons. The molecule has 1 spiro atoms. The van der Waals surface area contributed by atoms with Crippen LogP contribution in [0, 0.1) is 5.41 Å². The van der Waals surface area contributed by atoms with Gasteiger partial charge >= 0.3 is 5.97 Å². The van der Waals surface area contributed by atoms with Crippen LogP contribution in [0.2, 0.25) is 18.6 Å². The molecule has 4 heteroatoms. The number of unbranched alkanes of at least 4 members (excludes halogenated alkanes) is 2. The average molecular weight is 361 g/mol. The van der Waals surface area contributed by atoms with E-state index < -0.39 is 19.1 Å². The molecule has 1 aliphatic carbocycles. The normalized spacial score (nSPS) is 32.3. The summed E-state index contributed by atoms with van der Waals surface area (Å²) in [5.74, 6) is -0.134. The molecule has 0 aromatic heterocycles. The Morgan fingerprint density at radius 3 is 2.60 bits per heavy atom. The topological polar surface area (TPSA) is 46.5 Å². The summed E-state index contributed by atoms with van der Waals surface area (Å²) < 4.78 is 5.65. The van der Waals surface area contributed by atoms with E-state index in [2.05, 4.69) is 44.3 Å². The van der Waals surface area contributed by atoms with Crippen LogP contribution in [0.3, 0.4) is 0 Å². The van der Waals surface area contributed by atoms with Crippen LogP contribution in [0.25, 0.3) is 0 Å². The molecule has 1 saturated heterocycles. The van der Waals surface area contributed by atoms with Gasteiger partial charge in [0, 0.05) is 5.54 Å². The number of rotatable bonds is 6. The van der Waals surface area contributed by atoms with Crippen LogP contribution in [0.5, 0.6) is 0 Å². The summed E-state index contributed by atoms with van der Waals surface area (Å²) in [5, 5.41) is 13.0. The fourth-order valence-corrected chi connectivity index (χ4v) is 9.10. The van der Waals surface area contributed by atoms with Crippen LogP contribution in [0.15, 0.2) is 30.3 Å². The second-order valence-electron chi connectivity index (χ2n) is 8.55. The maximum absolute atomic E-state index is 13.0. The number of hydrogen-bond acceptors (Lipinski definition) is 3. The molecule has 1 heterocycles. The number of carbonyl (C=O) groups excluding carboxylic acids is 1. The third kappa shape index (κ3) is 2.87. The Kier molecular flexibility index (Phi) is 5.13. The van der Waals surface area contributed by atoms with E-state index in [1.165, 1.54) is 5.19 Å². The lowest BCUT2D eigenvalue weighted by molar-refractivity contribution is -0.158. The van der Waals surface area contributed by atoms with Crippen molar-refractivity contribution in [3.8, 4) is 0 Å². The number of cyclic esters (lactones) is 1. The number of carbonyl (C=O) groups is 1. The van der Waals surface area contributed by atoms with Crippen molar-refractivity contribution >= 4 is 19.2 Å². The van der Waals surface area contributed by atoms with Gasteiger partial charge in [-0.15, -0.1) is 0 Å². The van der Waals surface area contributed by atoms with Crippen molar-refractivity contribution in [3.05, 3.63) is 30.3 Å². The molecule has 25 heavy (non-hydrogen) atoms. The third-order valence-electron chi connectivity index (χ3n) is 6.91. The molecular formula is C21H32O3Si. The average Bonchev–Trinajstić information content (AvgIpc) is 3.12. The van der Waals surface area contributed by atoms with Gasteiger partial charge in [-0.25, -0.2) is 0 Å². The molecule has 1 aromatic carbocycles. The Balaban J connectivity index is 1.98. The predicted octanol–water partition coefficient (Wildman–Crippen LogP) is 4.01. The number of ether oxygens (including phenoxy) is 1. The zero-order valence-corrected chi connectivity index (χ0v) is 16.9. The molecule has 3 atom stereocenters. The van der Waals surface area contributed by atoms with Gasteiger partial charge in [-0.2, -0.15) is 0 Å². The lowest BCUT2D eigenvalue weighted by Gasteiger charge is -2.45. The van der Waals surface area contributed by atoms with Gasteiger partial charge in [0.05, 0.1) is 20.3 Å². The molecule has 0 unspecified atom stereocenters. The highest BCUT2D eigenvalue weighted by Crippen LogP contribution is 2.61. The molecular weight excluding hydrogens is 328 g/mol. The predicted molar refractivity (Wildman–Crippen MR) is 104 cm³/mol. The molecule has 1 N–H and O–H groups in total. The summed E-state index contributed by atoms with van der Waals surface area (Å²) in [7, 11) is -1.97. The Bertz CT molecular complexity index is 615. The second kappa shape index (κ2) is 6.88. The molecule has 138 valence electrons. The molecule has 1 aromatic rings. The minimum Gasteiger partial charge on any atom is -0.465 e. The van der Waals surface area contributed by atoms with Gasteiger partial charge in [0.25, 0.3) is 0 Å². The minimum atomic E-state index is -1.97. The van der Waals surface area contributed by atoms with Gasteiger partial charge in [0.1, 0.15) is 5.41 Å². The first-order valence-electron chi connectivity index (χ1n) is 9.83. The van der Waals surface area contributed by atoms with E-state index >= 15 is 0 Å². The van der Waals surface area contributed by atoms with E-state index in [0.29, 0.717) is 6.61 Å². The van der Waals surface area contributed by atoms with Gasteiger partial charge in [-0.05, 0) is 25.7 Å². The SMILES string of the molecule is CCCCC[C@]1(O)CCC[C@@]12C(=O)OC[C@@H]2[Si](C)(C)c1ccccc1. The van der Waals surface area contributed by atoms with Gasteiger partial charge in [0.2, 0.25) is 0 Å². The number of esters is 1. The van der Waals surface area contributed by atoms with Crippen LogP contribution in [0.1, 0.15) is 51.9 Å². The second-order valence-corrected chi connectivity index (χ2v) is 13.3. The summed E-state index contributed by atoms with van der Waals surface area (Å²) in [4.78, 5) is 13.0. The molecule has 0 amide bonds. The van der Waals surface area contributed by atoms with Crippen molar-refractivity contribution in [2.24, 2.45) is 5.41 Å². The summed E-state index contributed by atoms with van der Waals surface area (Å²) in [5.41, 5.74) is -1.43. The molecule has 3 nitrogen and oxygen atoms in total. The number of benzene rings is 1. The molecule has 3 rings (SSSR count). The smallest absolute Gasteiger partial charge is 0.315 e. The standard InChI is InChI=1S/C21H32O3Si/c1-4-5-9-13-20(23)14-10-15-21(20)18(16-24-19(21)22)25(2,3)17-11-7-6-8-12-17/h6-8,11-12,18,23H,4-5,9-10,13-16H2,1-3H3/t18-,20-,21+/m0/s1. The molecule has 2 fully saturated rings. The highest BCUT2D eigenvalue weighted by Gasteiger charge is 2.69. The Hall–Kier alpha value is -1.13. The first-order valence-corrected chi connectivity index (χ1v) is 12.9. The van der Waals surface area contributed by atoms with Crippen LogP contribution in [-0.2, 0) is 9.53 Å². The van der Waals surface area contributed by atoms with Gasteiger partial charge in [-0.3, -0.25) is 4.79 Å². The number of aliphatic hydroxyl groups is 1. The van der Waals surface area contributed by atoms with E-state index in [0.717, 1.165) is 44.9 Å².